The van der Waals surface area contributed by atoms with Crippen molar-refractivity contribution in [2.75, 3.05) is 6.54 Å². The van der Waals surface area contributed by atoms with E-state index < -0.39 is 10.0 Å². The third-order valence-corrected chi connectivity index (χ3v) is 5.54. The molecule has 0 aliphatic heterocycles. The first-order valence-corrected chi connectivity index (χ1v) is 8.69. The number of nitrogens with two attached hydrogens (primary N) is 1. The van der Waals surface area contributed by atoms with Gasteiger partial charge in [0.15, 0.2) is 0 Å². The predicted molar refractivity (Wildman–Crippen MR) is 74.4 cm³/mol. The van der Waals surface area contributed by atoms with Crippen LogP contribution in [0.4, 0.5) is 0 Å². The average molecular weight is 302 g/mol. The van der Waals surface area contributed by atoms with Crippen molar-refractivity contribution >= 4 is 27.3 Å². The van der Waals surface area contributed by atoms with Crippen molar-refractivity contribution in [3.8, 4) is 0 Å². The zero-order valence-corrected chi connectivity index (χ0v) is 12.5. The fourth-order valence-corrected chi connectivity index (χ4v) is 3.76. The third-order valence-electron chi connectivity index (χ3n) is 3.02. The number of rotatable bonds is 6. The molecule has 5 nitrogen and oxygen atoms in total. The molecule has 1 aliphatic rings. The van der Waals surface area contributed by atoms with Crippen LogP contribution < -0.4 is 5.14 Å². The predicted octanol–water partition coefficient (Wildman–Crippen LogP) is 1.34. The molecule has 1 heterocycles. The van der Waals surface area contributed by atoms with E-state index in [1.807, 2.05) is 11.8 Å². The molecular formula is C12H18N2O3S2. The summed E-state index contributed by atoms with van der Waals surface area (Å²) < 4.78 is 22.5. The summed E-state index contributed by atoms with van der Waals surface area (Å²) in [6.07, 6.45) is 3.36. The van der Waals surface area contributed by atoms with Gasteiger partial charge in [-0.2, -0.15) is 0 Å². The van der Waals surface area contributed by atoms with Gasteiger partial charge in [-0.25, -0.2) is 13.6 Å². The molecule has 1 fully saturated rings. The first-order valence-electron chi connectivity index (χ1n) is 6.32. The molecule has 106 valence electrons. The van der Waals surface area contributed by atoms with Crippen molar-refractivity contribution in [2.24, 2.45) is 5.14 Å². The Morgan fingerprint density at radius 1 is 1.47 bits per heavy atom. The lowest BCUT2D eigenvalue weighted by Gasteiger charge is -2.21. The van der Waals surface area contributed by atoms with Crippen molar-refractivity contribution in [1.29, 1.82) is 0 Å². The summed E-state index contributed by atoms with van der Waals surface area (Å²) in [7, 11) is -3.66. The Balaban J connectivity index is 2.03. The number of thiophene rings is 1. The van der Waals surface area contributed by atoms with Crippen LogP contribution in [0, 0.1) is 0 Å². The van der Waals surface area contributed by atoms with Gasteiger partial charge in [-0.05, 0) is 31.4 Å². The molecule has 19 heavy (non-hydrogen) atoms. The summed E-state index contributed by atoms with van der Waals surface area (Å²) in [5, 5.41) is 5.05. The van der Waals surface area contributed by atoms with Crippen molar-refractivity contribution in [3.63, 3.8) is 0 Å². The van der Waals surface area contributed by atoms with Gasteiger partial charge in [0.25, 0.3) is 0 Å². The topological polar surface area (TPSA) is 80.5 Å². The van der Waals surface area contributed by atoms with Gasteiger partial charge in [0.1, 0.15) is 4.21 Å². The Hall–Kier alpha value is -0.920. The lowest BCUT2D eigenvalue weighted by Crippen LogP contribution is -2.34. The maximum Gasteiger partial charge on any atom is 0.247 e. The van der Waals surface area contributed by atoms with E-state index in [1.165, 1.54) is 6.07 Å². The van der Waals surface area contributed by atoms with Gasteiger partial charge < -0.3 is 4.90 Å². The molecule has 0 atom stereocenters. The lowest BCUT2D eigenvalue weighted by atomic mass is 10.3. The van der Waals surface area contributed by atoms with E-state index in [-0.39, 0.29) is 16.5 Å². The van der Waals surface area contributed by atoms with Crippen molar-refractivity contribution in [3.05, 3.63) is 17.0 Å². The van der Waals surface area contributed by atoms with Crippen LogP contribution in [0.2, 0.25) is 0 Å². The maximum absolute atomic E-state index is 12.2. The fourth-order valence-electron chi connectivity index (χ4n) is 1.99. The average Bonchev–Trinajstić information content (AvgIpc) is 3.03. The van der Waals surface area contributed by atoms with E-state index in [0.29, 0.717) is 6.04 Å². The second-order valence-electron chi connectivity index (χ2n) is 4.76. The third kappa shape index (κ3) is 3.77. The molecular weight excluding hydrogens is 284 g/mol. The zero-order chi connectivity index (χ0) is 14.0. The van der Waals surface area contributed by atoms with E-state index in [9.17, 15) is 13.2 Å². The van der Waals surface area contributed by atoms with E-state index in [0.717, 1.165) is 42.0 Å². The van der Waals surface area contributed by atoms with Crippen LogP contribution in [0.25, 0.3) is 0 Å². The van der Waals surface area contributed by atoms with Crippen molar-refractivity contribution in [2.45, 2.75) is 42.9 Å². The number of amides is 1. The Labute approximate surface area is 117 Å². The summed E-state index contributed by atoms with van der Waals surface area (Å²) in [5.41, 5.74) is 0. The minimum absolute atomic E-state index is 0.0761. The highest BCUT2D eigenvalue weighted by molar-refractivity contribution is 7.91. The van der Waals surface area contributed by atoms with Crippen LogP contribution in [0.1, 0.15) is 31.1 Å². The van der Waals surface area contributed by atoms with Gasteiger partial charge in [0, 0.05) is 17.5 Å². The van der Waals surface area contributed by atoms with E-state index >= 15 is 0 Å². The molecule has 7 heteroatoms. The van der Waals surface area contributed by atoms with E-state index in [2.05, 4.69) is 0 Å². The standard InChI is InChI=1S/C12H18N2O3S2/c1-2-7-14(9-3-4-9)11(15)8-10-5-6-12(18-10)19(13,16)17/h5-6,9H,2-4,7-8H2,1H3,(H2,13,16,17). The fraction of sp³-hybridized carbons (Fsp3) is 0.583. The van der Waals surface area contributed by atoms with Gasteiger partial charge >= 0.3 is 0 Å². The summed E-state index contributed by atoms with van der Waals surface area (Å²) in [4.78, 5) is 14.9. The molecule has 0 aromatic carbocycles. The highest BCUT2D eigenvalue weighted by Crippen LogP contribution is 2.28. The monoisotopic (exact) mass is 302 g/mol. The van der Waals surface area contributed by atoms with E-state index in [1.54, 1.807) is 6.07 Å². The van der Waals surface area contributed by atoms with Gasteiger partial charge in [0.05, 0.1) is 6.42 Å². The number of hydrogen-bond donors (Lipinski definition) is 1. The highest BCUT2D eigenvalue weighted by atomic mass is 32.2. The highest BCUT2D eigenvalue weighted by Gasteiger charge is 2.31. The van der Waals surface area contributed by atoms with Crippen LogP contribution in [-0.4, -0.2) is 31.8 Å². The molecule has 2 N–H and O–H groups in total. The Kier molecular flexibility index (Phi) is 4.27. The molecule has 1 aromatic heterocycles. The van der Waals surface area contributed by atoms with E-state index in [4.69, 9.17) is 5.14 Å². The van der Waals surface area contributed by atoms with Gasteiger partial charge in [-0.1, -0.05) is 6.92 Å². The minimum Gasteiger partial charge on any atom is -0.339 e. The summed E-state index contributed by atoms with van der Waals surface area (Å²) in [6.45, 7) is 2.82. The number of hydrogen-bond acceptors (Lipinski definition) is 4. The molecule has 0 bridgehead atoms. The summed E-state index contributed by atoms with van der Waals surface area (Å²) in [5.74, 6) is 0.0761. The molecule has 1 aliphatic carbocycles. The van der Waals surface area contributed by atoms with Crippen LogP contribution in [0.5, 0.6) is 0 Å². The first kappa shape index (κ1) is 14.5. The second kappa shape index (κ2) is 5.60. The van der Waals surface area contributed by atoms with Gasteiger partial charge in [-0.15, -0.1) is 11.3 Å². The quantitative estimate of drug-likeness (QED) is 0.861. The number of primary sulfonamides is 1. The number of nitrogens with zero attached hydrogens (tertiary/aromatic N) is 1. The Bertz CT molecular complexity index is 561. The molecule has 0 radical (unpaired) electrons. The van der Waals surface area contributed by atoms with Crippen LogP contribution in [0.3, 0.4) is 0 Å². The molecule has 0 spiro atoms. The number of carbonyl (C=O) groups excluding carboxylic acids is 1. The van der Waals surface area contributed by atoms with Crippen molar-refractivity contribution in [1.82, 2.24) is 4.90 Å². The normalized spacial score (nSPS) is 15.5. The zero-order valence-electron chi connectivity index (χ0n) is 10.8. The van der Waals surface area contributed by atoms with Crippen molar-refractivity contribution < 1.29 is 13.2 Å². The number of sulfonamides is 1. The largest absolute Gasteiger partial charge is 0.339 e. The van der Waals surface area contributed by atoms with Crippen LogP contribution in [0.15, 0.2) is 16.3 Å². The molecule has 1 amide bonds. The van der Waals surface area contributed by atoms with Gasteiger partial charge in [-0.3, -0.25) is 4.79 Å². The first-order chi connectivity index (χ1) is 8.91. The smallest absolute Gasteiger partial charge is 0.247 e. The molecule has 0 saturated heterocycles. The van der Waals surface area contributed by atoms with Crippen LogP contribution >= 0.6 is 11.3 Å². The van der Waals surface area contributed by atoms with Gasteiger partial charge in [0.2, 0.25) is 15.9 Å². The second-order valence-corrected chi connectivity index (χ2v) is 7.72. The van der Waals surface area contributed by atoms with Crippen LogP contribution in [-0.2, 0) is 21.2 Å². The molecule has 2 rings (SSSR count). The SMILES string of the molecule is CCCN(C(=O)Cc1ccc(S(N)(=O)=O)s1)C1CC1. The Morgan fingerprint density at radius 3 is 2.63 bits per heavy atom. The molecule has 1 aromatic rings. The summed E-state index contributed by atoms with van der Waals surface area (Å²) in [6, 6.07) is 3.52. The summed E-state index contributed by atoms with van der Waals surface area (Å²) >= 11 is 1.08. The lowest BCUT2D eigenvalue weighted by molar-refractivity contribution is -0.131. The molecule has 1 saturated carbocycles. The Morgan fingerprint density at radius 2 is 2.16 bits per heavy atom. The number of carbonyl (C=O) groups is 1. The minimum atomic E-state index is -3.66. The maximum atomic E-state index is 12.2. The molecule has 0 unspecified atom stereocenters.